The monoisotopic (exact) mass is 437 g/mol. The maximum atomic E-state index is 6.52. The molecule has 1 unspecified atom stereocenters. The summed E-state index contributed by atoms with van der Waals surface area (Å²) in [5.74, 6) is 0. The maximum Gasteiger partial charge on any atom is 0.107 e. The summed E-state index contributed by atoms with van der Waals surface area (Å²) in [6.07, 6.45) is 1.86. The van der Waals surface area contributed by atoms with Crippen LogP contribution in [0.15, 0.2) is 54.0 Å². The van der Waals surface area contributed by atoms with E-state index in [4.69, 9.17) is 34.8 Å². The van der Waals surface area contributed by atoms with E-state index in [1.54, 1.807) is 17.4 Å². The smallest absolute Gasteiger partial charge is 0.107 e. The first kappa shape index (κ1) is 19.0. The van der Waals surface area contributed by atoms with Crippen LogP contribution in [0.5, 0.6) is 0 Å². The molecule has 3 aromatic rings. The van der Waals surface area contributed by atoms with E-state index in [0.717, 1.165) is 41.9 Å². The number of piperazine rings is 1. The normalized spacial score (nSPS) is 18.0. The van der Waals surface area contributed by atoms with E-state index in [1.807, 2.05) is 35.8 Å². The van der Waals surface area contributed by atoms with E-state index < -0.39 is 0 Å². The van der Waals surface area contributed by atoms with Gasteiger partial charge in [0.25, 0.3) is 0 Å². The highest BCUT2D eigenvalue weighted by Gasteiger charge is 2.30. The summed E-state index contributed by atoms with van der Waals surface area (Å²) in [4.78, 5) is 9.23. The molecule has 1 saturated heterocycles. The van der Waals surface area contributed by atoms with Crippen LogP contribution in [-0.2, 0) is 6.54 Å². The van der Waals surface area contributed by atoms with Crippen LogP contribution >= 0.6 is 46.1 Å². The highest BCUT2D eigenvalue weighted by atomic mass is 35.5. The predicted octanol–water partition coefficient (Wildman–Crippen LogP) is 6.17. The summed E-state index contributed by atoms with van der Waals surface area (Å²) in [6.45, 7) is 3.58. The highest BCUT2D eigenvalue weighted by Crippen LogP contribution is 2.37. The van der Waals surface area contributed by atoms with Crippen molar-refractivity contribution in [1.82, 2.24) is 9.88 Å². The van der Waals surface area contributed by atoms with Gasteiger partial charge in [0.05, 0.1) is 23.3 Å². The molecule has 0 N–H and O–H groups in total. The van der Waals surface area contributed by atoms with Gasteiger partial charge in [0.2, 0.25) is 0 Å². The molecule has 27 heavy (non-hydrogen) atoms. The van der Waals surface area contributed by atoms with E-state index in [9.17, 15) is 0 Å². The number of aromatic nitrogens is 1. The fraction of sp³-hybridized carbons (Fsp3) is 0.250. The average molecular weight is 439 g/mol. The Bertz CT molecular complexity index is 899. The lowest BCUT2D eigenvalue weighted by molar-refractivity contribution is 0.215. The van der Waals surface area contributed by atoms with E-state index in [2.05, 4.69) is 26.9 Å². The standard InChI is InChI=1S/C20H18Cl3N3S/c21-15-3-1-14(2-4-15)19-12-25(13-20-24-7-10-27-20)8-9-26(19)18-6-5-16(22)11-17(18)23/h1-7,10-11,19H,8-9,12-13H2. The van der Waals surface area contributed by atoms with Gasteiger partial charge in [-0.15, -0.1) is 11.3 Å². The number of rotatable bonds is 4. The van der Waals surface area contributed by atoms with E-state index in [1.165, 1.54) is 5.56 Å². The van der Waals surface area contributed by atoms with E-state index in [-0.39, 0.29) is 6.04 Å². The second-order valence-corrected chi connectivity index (χ2v) is 8.78. The summed E-state index contributed by atoms with van der Waals surface area (Å²) in [6, 6.07) is 14.0. The molecule has 0 spiro atoms. The summed E-state index contributed by atoms with van der Waals surface area (Å²) in [7, 11) is 0. The zero-order chi connectivity index (χ0) is 18.8. The highest BCUT2D eigenvalue weighted by molar-refractivity contribution is 7.09. The summed E-state index contributed by atoms with van der Waals surface area (Å²) >= 11 is 20.4. The Hall–Kier alpha value is -1.30. The summed E-state index contributed by atoms with van der Waals surface area (Å²) in [5, 5.41) is 5.23. The molecule has 1 aliphatic heterocycles. The molecule has 1 atom stereocenters. The van der Waals surface area contributed by atoms with Crippen LogP contribution < -0.4 is 4.90 Å². The summed E-state index contributed by atoms with van der Waals surface area (Å²) in [5.41, 5.74) is 2.23. The molecule has 2 aromatic carbocycles. The molecule has 0 saturated carbocycles. The van der Waals surface area contributed by atoms with E-state index in [0.29, 0.717) is 10.0 Å². The molecule has 4 rings (SSSR count). The lowest BCUT2D eigenvalue weighted by Gasteiger charge is -2.43. The molecule has 1 aliphatic rings. The fourth-order valence-electron chi connectivity index (χ4n) is 3.48. The molecule has 3 nitrogen and oxygen atoms in total. The van der Waals surface area contributed by atoms with Crippen molar-refractivity contribution in [2.45, 2.75) is 12.6 Å². The van der Waals surface area contributed by atoms with Crippen LogP contribution in [0.25, 0.3) is 0 Å². The quantitative estimate of drug-likeness (QED) is 0.486. The number of halogens is 3. The zero-order valence-electron chi connectivity index (χ0n) is 14.5. The molecule has 0 radical (unpaired) electrons. The minimum Gasteiger partial charge on any atom is -0.361 e. The van der Waals surface area contributed by atoms with Gasteiger partial charge in [0, 0.05) is 41.3 Å². The van der Waals surface area contributed by atoms with Crippen LogP contribution in [-0.4, -0.2) is 29.5 Å². The van der Waals surface area contributed by atoms with Crippen molar-refractivity contribution in [3.63, 3.8) is 0 Å². The molecule has 1 fully saturated rings. The number of hydrogen-bond donors (Lipinski definition) is 0. The van der Waals surface area contributed by atoms with Gasteiger partial charge >= 0.3 is 0 Å². The Morgan fingerprint density at radius 1 is 1.00 bits per heavy atom. The van der Waals surface area contributed by atoms with Crippen LogP contribution in [0, 0.1) is 0 Å². The van der Waals surface area contributed by atoms with Crippen molar-refractivity contribution in [1.29, 1.82) is 0 Å². The van der Waals surface area contributed by atoms with Gasteiger partial charge in [0.1, 0.15) is 5.01 Å². The van der Waals surface area contributed by atoms with Crippen LogP contribution in [0.4, 0.5) is 5.69 Å². The Kier molecular flexibility index (Phi) is 5.90. The van der Waals surface area contributed by atoms with Gasteiger partial charge in [-0.3, -0.25) is 4.90 Å². The third-order valence-corrected chi connectivity index (χ3v) is 6.33. The van der Waals surface area contributed by atoms with Gasteiger partial charge < -0.3 is 4.90 Å². The fourth-order valence-corrected chi connectivity index (χ4v) is 4.78. The minimum atomic E-state index is 0.176. The second kappa shape index (κ2) is 8.38. The Labute approximate surface area is 178 Å². The topological polar surface area (TPSA) is 19.4 Å². The number of hydrogen-bond acceptors (Lipinski definition) is 4. The average Bonchev–Trinajstić information content (AvgIpc) is 3.16. The minimum absolute atomic E-state index is 0.176. The number of benzene rings is 2. The molecule has 0 aliphatic carbocycles. The third kappa shape index (κ3) is 4.41. The Morgan fingerprint density at radius 2 is 1.78 bits per heavy atom. The first-order valence-electron chi connectivity index (χ1n) is 8.68. The molecule has 0 amide bonds. The third-order valence-electron chi connectivity index (χ3n) is 4.78. The van der Waals surface area contributed by atoms with Crippen molar-refractivity contribution < 1.29 is 0 Å². The Balaban J connectivity index is 1.64. The second-order valence-electron chi connectivity index (χ2n) is 6.52. The van der Waals surface area contributed by atoms with Crippen molar-refractivity contribution >= 4 is 51.8 Å². The molecule has 2 heterocycles. The van der Waals surface area contributed by atoms with Crippen LogP contribution in [0.3, 0.4) is 0 Å². The van der Waals surface area contributed by atoms with Gasteiger partial charge in [-0.25, -0.2) is 4.98 Å². The molecular formula is C20H18Cl3N3S. The molecule has 1 aromatic heterocycles. The van der Waals surface area contributed by atoms with Gasteiger partial charge in [0.15, 0.2) is 0 Å². The van der Waals surface area contributed by atoms with Gasteiger partial charge in [-0.2, -0.15) is 0 Å². The van der Waals surface area contributed by atoms with Crippen molar-refractivity contribution in [2.75, 3.05) is 24.5 Å². The zero-order valence-corrected chi connectivity index (χ0v) is 17.6. The largest absolute Gasteiger partial charge is 0.361 e. The van der Waals surface area contributed by atoms with Crippen LogP contribution in [0.2, 0.25) is 15.1 Å². The van der Waals surface area contributed by atoms with Crippen LogP contribution in [0.1, 0.15) is 16.6 Å². The lowest BCUT2D eigenvalue weighted by atomic mass is 10.0. The lowest BCUT2D eigenvalue weighted by Crippen LogP contribution is -2.48. The first-order valence-corrected chi connectivity index (χ1v) is 10.7. The van der Waals surface area contributed by atoms with Crippen molar-refractivity contribution in [3.05, 3.63) is 79.7 Å². The number of anilines is 1. The predicted molar refractivity (Wildman–Crippen MR) is 115 cm³/mol. The molecule has 7 heteroatoms. The first-order chi connectivity index (χ1) is 13.1. The molecule has 0 bridgehead atoms. The van der Waals surface area contributed by atoms with E-state index >= 15 is 0 Å². The number of nitrogens with zero attached hydrogens (tertiary/aromatic N) is 3. The van der Waals surface area contributed by atoms with Crippen molar-refractivity contribution in [3.8, 4) is 0 Å². The SMILES string of the molecule is Clc1ccc(C2CN(Cc3nccs3)CCN2c2ccc(Cl)cc2Cl)cc1. The number of thiazole rings is 1. The maximum absolute atomic E-state index is 6.52. The van der Waals surface area contributed by atoms with Crippen molar-refractivity contribution in [2.24, 2.45) is 0 Å². The molecule has 140 valence electrons. The summed E-state index contributed by atoms with van der Waals surface area (Å²) < 4.78 is 0. The Morgan fingerprint density at radius 3 is 2.48 bits per heavy atom. The van der Waals surface area contributed by atoms with Gasteiger partial charge in [-0.05, 0) is 35.9 Å². The van der Waals surface area contributed by atoms with Gasteiger partial charge in [-0.1, -0.05) is 46.9 Å². The molecular weight excluding hydrogens is 421 g/mol.